The lowest BCUT2D eigenvalue weighted by Crippen LogP contribution is -2.60. The summed E-state index contributed by atoms with van der Waals surface area (Å²) < 4.78 is 77.1. The van der Waals surface area contributed by atoms with Crippen molar-refractivity contribution >= 4 is 33.5 Å². The van der Waals surface area contributed by atoms with Crippen molar-refractivity contribution in [3.8, 4) is 0 Å². The summed E-state index contributed by atoms with van der Waals surface area (Å²) in [4.78, 5) is 52.4. The van der Waals surface area contributed by atoms with Crippen molar-refractivity contribution in [3.05, 3.63) is 11.2 Å². The Kier molecular flexibility index (Phi) is 9.26. The lowest BCUT2D eigenvalue weighted by molar-refractivity contribution is -0.176. The molecule has 0 radical (unpaired) electrons. The number of carbonyl (C=O) groups excluding carboxylic acids is 4. The Morgan fingerprint density at radius 2 is 1.77 bits per heavy atom. The third-order valence-corrected chi connectivity index (χ3v) is 8.65. The average molecular weight is 597 g/mol. The molecule has 3 N–H and O–H groups in total. The maximum atomic E-state index is 14.5. The number of fused-ring (bicyclic) bond motifs is 1. The van der Waals surface area contributed by atoms with Crippen LogP contribution in [0.4, 0.5) is 17.6 Å². The third-order valence-electron chi connectivity index (χ3n) is 7.80. The van der Waals surface area contributed by atoms with E-state index in [1.807, 2.05) is 0 Å². The van der Waals surface area contributed by atoms with Crippen molar-refractivity contribution in [2.75, 3.05) is 19.3 Å². The summed E-state index contributed by atoms with van der Waals surface area (Å²) in [6, 6.07) is -3.95. The second-order valence-electron chi connectivity index (χ2n) is 11.9. The Morgan fingerprint density at radius 1 is 1.12 bits per heavy atom. The Morgan fingerprint density at radius 3 is 2.30 bits per heavy atom. The van der Waals surface area contributed by atoms with E-state index in [1.165, 1.54) is 25.7 Å². The van der Waals surface area contributed by atoms with Crippen molar-refractivity contribution in [1.82, 2.24) is 20.9 Å². The first kappa shape index (κ1) is 31.8. The van der Waals surface area contributed by atoms with Crippen LogP contribution < -0.4 is 16.0 Å². The van der Waals surface area contributed by atoms with Gasteiger partial charge in [-0.05, 0) is 49.0 Å². The van der Waals surface area contributed by atoms with Crippen LogP contribution in [0.15, 0.2) is 11.2 Å². The second-order valence-corrected chi connectivity index (χ2v) is 13.9. The highest BCUT2D eigenvalue weighted by molar-refractivity contribution is 7.94. The molecule has 15 heteroatoms. The van der Waals surface area contributed by atoms with Crippen LogP contribution in [0.3, 0.4) is 0 Å². The first-order valence-corrected chi connectivity index (χ1v) is 15.0. The van der Waals surface area contributed by atoms with Gasteiger partial charge < -0.3 is 20.9 Å². The van der Waals surface area contributed by atoms with Gasteiger partial charge in [-0.3, -0.25) is 19.2 Å². The zero-order valence-electron chi connectivity index (χ0n) is 22.8. The summed E-state index contributed by atoms with van der Waals surface area (Å²) in [6.45, 7) is 4.91. The average Bonchev–Trinajstić information content (AvgIpc) is 3.50. The van der Waals surface area contributed by atoms with Crippen LogP contribution in [0.2, 0.25) is 0 Å². The number of amides is 4. The summed E-state index contributed by atoms with van der Waals surface area (Å²) >= 11 is 0. The van der Waals surface area contributed by atoms with Gasteiger partial charge in [0.15, 0.2) is 0 Å². The smallest absolute Gasteiger partial charge is 0.356 e. The van der Waals surface area contributed by atoms with Crippen LogP contribution in [0.25, 0.3) is 0 Å². The minimum absolute atomic E-state index is 0.0826. The minimum atomic E-state index is -5.22. The Labute approximate surface area is 230 Å². The maximum absolute atomic E-state index is 14.5. The second kappa shape index (κ2) is 11.6. The third kappa shape index (κ3) is 7.32. The van der Waals surface area contributed by atoms with Gasteiger partial charge in [-0.25, -0.2) is 8.42 Å². The van der Waals surface area contributed by atoms with Crippen molar-refractivity contribution in [3.63, 3.8) is 0 Å². The van der Waals surface area contributed by atoms with Crippen LogP contribution in [-0.2, 0) is 29.0 Å². The van der Waals surface area contributed by atoms with Gasteiger partial charge in [0.05, 0.1) is 6.04 Å². The highest BCUT2D eigenvalue weighted by Crippen LogP contribution is 2.43. The number of hydrogen-bond donors (Lipinski definition) is 3. The summed E-state index contributed by atoms with van der Waals surface area (Å²) in [5, 5.41) is 5.50. The molecule has 226 valence electrons. The van der Waals surface area contributed by atoms with E-state index < -0.39 is 68.4 Å². The summed E-state index contributed by atoms with van der Waals surface area (Å²) in [6.07, 6.45) is -1.55. The molecular weight excluding hydrogens is 560 g/mol. The normalized spacial score (nSPS) is 27.1. The van der Waals surface area contributed by atoms with Gasteiger partial charge in [0.2, 0.25) is 32.7 Å². The van der Waals surface area contributed by atoms with E-state index in [0.717, 1.165) is 6.42 Å². The molecule has 0 bridgehead atoms. The molecule has 3 aliphatic rings. The summed E-state index contributed by atoms with van der Waals surface area (Å²) in [5.41, 5.74) is -1.14. The number of rotatable bonds is 8. The fourth-order valence-corrected chi connectivity index (χ4v) is 6.20. The quantitative estimate of drug-likeness (QED) is 0.364. The molecule has 3 rings (SSSR count). The molecule has 40 heavy (non-hydrogen) atoms. The van der Waals surface area contributed by atoms with E-state index in [9.17, 15) is 45.2 Å². The lowest BCUT2D eigenvalue weighted by Gasteiger charge is -2.36. The standard InChI is InChI=1S/C25H36F4N4O6S/c1-24(2,3)19(32-23(37)25(27,28)29)22(36)33-12-14-6-5-7-16(14)18(33)21(35)31-15(11-17(26)40(4,38)39)10-13-8-9-30-20(13)34/h11,13-16,18-19H,5-10,12H2,1-4H3,(H,30,34)(H,31,35)(H,32,37)/b17-11-/t13-,14+,15-,16+,18+,19-/m0/s1. The van der Waals surface area contributed by atoms with E-state index >= 15 is 0 Å². The first-order valence-electron chi connectivity index (χ1n) is 13.1. The molecule has 0 spiro atoms. The van der Waals surface area contributed by atoms with Crippen LogP contribution in [0, 0.1) is 23.2 Å². The van der Waals surface area contributed by atoms with Crippen molar-refractivity contribution in [2.45, 2.75) is 77.2 Å². The predicted molar refractivity (Wildman–Crippen MR) is 135 cm³/mol. The Bertz CT molecular complexity index is 1170. The SMILES string of the molecule is CC(C)(C)[C@@H](NC(=O)C(F)(F)F)C(=O)N1C[C@H]2CCC[C@H]2[C@@H]1C(=O)N[C@H](/C=C(/F)S(C)(=O)=O)C[C@@H]1CCNC1=O. The zero-order valence-corrected chi connectivity index (χ0v) is 23.6. The van der Waals surface area contributed by atoms with Crippen LogP contribution in [-0.4, -0.2) is 80.6 Å². The Balaban J connectivity index is 1.91. The number of nitrogens with zero attached hydrogens (tertiary/aromatic N) is 1. The van der Waals surface area contributed by atoms with Crippen molar-refractivity contribution in [1.29, 1.82) is 0 Å². The maximum Gasteiger partial charge on any atom is 0.471 e. The molecule has 3 fully saturated rings. The molecule has 1 saturated carbocycles. The highest BCUT2D eigenvalue weighted by atomic mass is 32.2. The van der Waals surface area contributed by atoms with Crippen molar-refractivity contribution < 1.29 is 45.2 Å². The van der Waals surface area contributed by atoms with Crippen LogP contribution >= 0.6 is 0 Å². The molecule has 2 saturated heterocycles. The number of alkyl halides is 3. The molecule has 2 heterocycles. The molecule has 4 amide bonds. The summed E-state index contributed by atoms with van der Waals surface area (Å²) in [5.74, 6) is -5.25. The molecule has 6 atom stereocenters. The largest absolute Gasteiger partial charge is 0.471 e. The van der Waals surface area contributed by atoms with Gasteiger partial charge in [-0.15, -0.1) is 0 Å². The van der Waals surface area contributed by atoms with Gasteiger partial charge in [-0.2, -0.15) is 17.6 Å². The van der Waals surface area contributed by atoms with E-state index in [-0.39, 0.29) is 30.7 Å². The topological polar surface area (TPSA) is 142 Å². The van der Waals surface area contributed by atoms with E-state index in [0.29, 0.717) is 38.1 Å². The summed E-state index contributed by atoms with van der Waals surface area (Å²) in [7, 11) is -4.24. The zero-order chi connectivity index (χ0) is 30.2. The number of sulfone groups is 1. The number of nitrogens with one attached hydrogen (secondary N) is 3. The molecular formula is C25H36F4N4O6S. The van der Waals surface area contributed by atoms with Gasteiger partial charge >= 0.3 is 12.1 Å². The van der Waals surface area contributed by atoms with Gasteiger partial charge in [0.25, 0.3) is 0 Å². The molecule has 0 unspecified atom stereocenters. The monoisotopic (exact) mass is 596 g/mol. The Hall–Kier alpha value is -2.71. The van der Waals surface area contributed by atoms with Gasteiger partial charge in [0.1, 0.15) is 12.1 Å². The van der Waals surface area contributed by atoms with Crippen molar-refractivity contribution in [2.24, 2.45) is 23.2 Å². The first-order chi connectivity index (χ1) is 18.3. The fraction of sp³-hybridized carbons (Fsp3) is 0.760. The predicted octanol–water partition coefficient (Wildman–Crippen LogP) is 1.57. The highest BCUT2D eigenvalue weighted by Gasteiger charge is 2.53. The van der Waals surface area contributed by atoms with Crippen LogP contribution in [0.5, 0.6) is 0 Å². The number of halogens is 4. The molecule has 0 aromatic carbocycles. The van der Waals surface area contributed by atoms with Gasteiger partial charge in [-0.1, -0.05) is 27.2 Å². The van der Waals surface area contributed by atoms with Gasteiger partial charge in [0, 0.05) is 25.3 Å². The molecule has 2 aliphatic heterocycles. The molecule has 0 aromatic heterocycles. The minimum Gasteiger partial charge on any atom is -0.356 e. The van der Waals surface area contributed by atoms with E-state index in [4.69, 9.17) is 0 Å². The molecule has 1 aliphatic carbocycles. The number of likely N-dealkylation sites (tertiary alicyclic amines) is 1. The van der Waals surface area contributed by atoms with Crippen LogP contribution in [0.1, 0.15) is 52.9 Å². The molecule has 10 nitrogen and oxygen atoms in total. The number of hydrogen-bond acceptors (Lipinski definition) is 6. The number of carbonyl (C=O) groups is 4. The molecule has 0 aromatic rings. The fourth-order valence-electron chi connectivity index (χ4n) is 5.79. The van der Waals surface area contributed by atoms with E-state index in [1.54, 1.807) is 5.32 Å². The lowest BCUT2D eigenvalue weighted by atomic mass is 9.85. The van der Waals surface area contributed by atoms with E-state index in [2.05, 4.69) is 10.6 Å².